The molecule has 1 aliphatic carbocycles. The van der Waals surface area contributed by atoms with Gasteiger partial charge in [0.15, 0.2) is 0 Å². The molecule has 138 valence electrons. The topological polar surface area (TPSA) is 71.3 Å². The summed E-state index contributed by atoms with van der Waals surface area (Å²) in [4.78, 5) is 23.9. The highest BCUT2D eigenvalue weighted by molar-refractivity contribution is 6.33. The molecule has 0 spiro atoms. The Labute approximate surface area is 158 Å². The fourth-order valence-electron chi connectivity index (χ4n) is 2.87. The van der Waals surface area contributed by atoms with E-state index in [9.17, 15) is 9.59 Å². The number of nitrogens with one attached hydrogen (secondary N) is 2. The average Bonchev–Trinajstić information content (AvgIpc) is 3.14. The first-order valence-electron chi connectivity index (χ1n) is 8.83. The van der Waals surface area contributed by atoms with Crippen LogP contribution >= 0.6 is 11.6 Å². The van der Waals surface area contributed by atoms with Crippen LogP contribution in [0.3, 0.4) is 0 Å². The first-order chi connectivity index (χ1) is 12.4. The van der Waals surface area contributed by atoms with E-state index in [2.05, 4.69) is 17.6 Å². The summed E-state index contributed by atoms with van der Waals surface area (Å²) in [5.74, 6) is 2.56. The van der Waals surface area contributed by atoms with Crippen molar-refractivity contribution in [2.75, 3.05) is 11.9 Å². The van der Waals surface area contributed by atoms with Crippen LogP contribution in [0.25, 0.3) is 0 Å². The zero-order valence-corrected chi connectivity index (χ0v) is 15.7. The Morgan fingerprint density at radius 3 is 2.69 bits per heavy atom. The lowest BCUT2D eigenvalue weighted by Gasteiger charge is -2.09. The molecule has 1 fully saturated rings. The number of hydrogen-bond acceptors (Lipinski definition) is 3. The molecule has 2 unspecified atom stereocenters. The molecule has 0 aliphatic heterocycles. The molecule has 1 aromatic heterocycles. The van der Waals surface area contributed by atoms with E-state index in [0.29, 0.717) is 29.0 Å². The third-order valence-corrected chi connectivity index (χ3v) is 4.91. The van der Waals surface area contributed by atoms with Crippen LogP contribution in [-0.4, -0.2) is 18.4 Å². The van der Waals surface area contributed by atoms with Gasteiger partial charge in [-0.25, -0.2) is 0 Å². The summed E-state index contributed by atoms with van der Waals surface area (Å²) in [6, 6.07) is 9.31. The third kappa shape index (κ3) is 4.88. The number of anilines is 1. The maximum atomic E-state index is 11.9. The Balaban J connectivity index is 1.39. The summed E-state index contributed by atoms with van der Waals surface area (Å²) in [5.41, 5.74) is 1.55. The molecule has 2 N–H and O–H groups in total. The predicted octanol–water partition coefficient (Wildman–Crippen LogP) is 4.05. The molecule has 0 bridgehead atoms. The zero-order valence-electron chi connectivity index (χ0n) is 15.0. The number of halogens is 1. The molecule has 2 amide bonds. The number of furan rings is 1. The quantitative estimate of drug-likeness (QED) is 0.767. The molecule has 1 saturated carbocycles. The smallest absolute Gasteiger partial charge is 0.243 e. The van der Waals surface area contributed by atoms with Crippen LogP contribution in [0.2, 0.25) is 5.02 Å². The van der Waals surface area contributed by atoms with Gasteiger partial charge in [0.2, 0.25) is 11.8 Å². The number of aryl methyl sites for hydroxylation is 2. The van der Waals surface area contributed by atoms with Gasteiger partial charge in [-0.15, -0.1) is 0 Å². The van der Waals surface area contributed by atoms with E-state index < -0.39 is 0 Å². The molecule has 26 heavy (non-hydrogen) atoms. The van der Waals surface area contributed by atoms with Gasteiger partial charge in [-0.1, -0.05) is 24.6 Å². The van der Waals surface area contributed by atoms with E-state index in [1.807, 2.05) is 25.1 Å². The maximum absolute atomic E-state index is 11.9. The van der Waals surface area contributed by atoms with Crippen molar-refractivity contribution in [3.8, 4) is 0 Å². The van der Waals surface area contributed by atoms with Gasteiger partial charge in [0, 0.05) is 18.8 Å². The van der Waals surface area contributed by atoms with Crippen LogP contribution in [0, 0.1) is 12.8 Å². The van der Waals surface area contributed by atoms with Gasteiger partial charge in [0.1, 0.15) is 11.5 Å². The predicted molar refractivity (Wildman–Crippen MR) is 101 cm³/mol. The molecular formula is C20H23ClN2O3. The molecule has 1 aliphatic rings. The summed E-state index contributed by atoms with van der Waals surface area (Å²) in [6.07, 6.45) is 1.98. The second-order valence-electron chi connectivity index (χ2n) is 6.93. The van der Waals surface area contributed by atoms with Crippen LogP contribution in [0.1, 0.15) is 42.8 Å². The fourth-order valence-corrected chi connectivity index (χ4v) is 3.15. The highest BCUT2D eigenvalue weighted by Gasteiger charge is 2.36. The number of hydrogen-bond donors (Lipinski definition) is 2. The van der Waals surface area contributed by atoms with Crippen LogP contribution in [0.4, 0.5) is 5.69 Å². The normalized spacial score (nSPS) is 18.4. The van der Waals surface area contributed by atoms with Gasteiger partial charge in [-0.2, -0.15) is 0 Å². The number of carbonyl (C=O) groups is 2. The molecule has 5 nitrogen and oxygen atoms in total. The van der Waals surface area contributed by atoms with Crippen molar-refractivity contribution in [1.82, 2.24) is 5.32 Å². The zero-order chi connectivity index (χ0) is 18.7. The lowest BCUT2D eigenvalue weighted by atomic mass is 10.2. The summed E-state index contributed by atoms with van der Waals surface area (Å²) in [7, 11) is 0. The monoisotopic (exact) mass is 374 g/mol. The van der Waals surface area contributed by atoms with Crippen molar-refractivity contribution >= 4 is 29.1 Å². The summed E-state index contributed by atoms with van der Waals surface area (Å²) in [5, 5.41) is 5.78. The first kappa shape index (κ1) is 18.5. The third-order valence-electron chi connectivity index (χ3n) is 4.60. The average molecular weight is 375 g/mol. The van der Waals surface area contributed by atoms with Crippen LogP contribution in [-0.2, 0) is 16.0 Å². The highest BCUT2D eigenvalue weighted by Crippen LogP contribution is 2.47. The Kier molecular flexibility index (Phi) is 5.67. The van der Waals surface area contributed by atoms with E-state index in [4.69, 9.17) is 16.0 Å². The molecule has 0 saturated heterocycles. The van der Waals surface area contributed by atoms with Crippen molar-refractivity contribution < 1.29 is 14.0 Å². The second kappa shape index (κ2) is 7.96. The Bertz CT molecular complexity index is 815. The van der Waals surface area contributed by atoms with Gasteiger partial charge >= 0.3 is 0 Å². The first-order valence-corrected chi connectivity index (χ1v) is 9.21. The lowest BCUT2D eigenvalue weighted by Crippen LogP contribution is -2.33. The van der Waals surface area contributed by atoms with E-state index >= 15 is 0 Å². The number of benzene rings is 1. The minimum absolute atomic E-state index is 0.0912. The summed E-state index contributed by atoms with van der Waals surface area (Å²) < 4.78 is 5.78. The van der Waals surface area contributed by atoms with Crippen LogP contribution < -0.4 is 10.6 Å². The number of carbonyl (C=O) groups excluding carboxylic acids is 2. The minimum Gasteiger partial charge on any atom is -0.466 e. The van der Waals surface area contributed by atoms with Crippen LogP contribution in [0.5, 0.6) is 0 Å². The molecule has 2 aromatic rings. The van der Waals surface area contributed by atoms with E-state index in [0.717, 1.165) is 17.1 Å². The van der Waals surface area contributed by atoms with Gasteiger partial charge in [-0.3, -0.25) is 9.59 Å². The van der Waals surface area contributed by atoms with Crippen molar-refractivity contribution in [1.29, 1.82) is 0 Å². The van der Waals surface area contributed by atoms with Gasteiger partial charge in [-0.05, 0) is 49.1 Å². The van der Waals surface area contributed by atoms with E-state index in [1.165, 1.54) is 6.42 Å². The summed E-state index contributed by atoms with van der Waals surface area (Å²) >= 11 is 6.08. The van der Waals surface area contributed by atoms with E-state index in [1.54, 1.807) is 12.1 Å². The molecule has 6 heteroatoms. The minimum atomic E-state index is -0.313. The Morgan fingerprint density at radius 1 is 1.23 bits per heavy atom. The standard InChI is InChI=1S/C20H23ClN2O3/c1-12-3-6-17(16(21)9-12)23-20(25)11-22-19(24)8-5-14-4-7-18(26-14)15-10-13(15)2/h3-4,6-7,9,13,15H,5,8,10-11H2,1-2H3,(H,22,24)(H,23,25). The largest absolute Gasteiger partial charge is 0.466 e. The molecule has 2 atom stereocenters. The Hall–Kier alpha value is -2.27. The summed E-state index contributed by atoms with van der Waals surface area (Å²) in [6.45, 7) is 4.03. The lowest BCUT2D eigenvalue weighted by molar-refractivity contribution is -0.124. The SMILES string of the molecule is Cc1ccc(NC(=O)CNC(=O)CCc2ccc(C3CC3C)o2)c(Cl)c1. The fraction of sp³-hybridized carbons (Fsp3) is 0.400. The van der Waals surface area contributed by atoms with Crippen molar-refractivity contribution in [2.24, 2.45) is 5.92 Å². The van der Waals surface area contributed by atoms with Gasteiger partial charge in [0.25, 0.3) is 0 Å². The van der Waals surface area contributed by atoms with E-state index in [-0.39, 0.29) is 24.8 Å². The molecule has 0 radical (unpaired) electrons. The molecule has 3 rings (SSSR count). The van der Waals surface area contributed by atoms with Crippen molar-refractivity contribution in [3.05, 3.63) is 52.4 Å². The highest BCUT2D eigenvalue weighted by atomic mass is 35.5. The van der Waals surface area contributed by atoms with Gasteiger partial charge < -0.3 is 15.1 Å². The molecular weight excluding hydrogens is 352 g/mol. The number of rotatable bonds is 7. The Morgan fingerprint density at radius 2 is 2.00 bits per heavy atom. The van der Waals surface area contributed by atoms with Crippen molar-refractivity contribution in [3.63, 3.8) is 0 Å². The van der Waals surface area contributed by atoms with Gasteiger partial charge in [0.05, 0.1) is 17.3 Å². The molecule has 1 heterocycles. The number of amides is 2. The maximum Gasteiger partial charge on any atom is 0.243 e. The van der Waals surface area contributed by atoms with Crippen LogP contribution in [0.15, 0.2) is 34.7 Å². The molecule has 1 aromatic carbocycles. The second-order valence-corrected chi connectivity index (χ2v) is 7.34. The van der Waals surface area contributed by atoms with Crippen molar-refractivity contribution in [2.45, 2.75) is 39.0 Å².